The summed E-state index contributed by atoms with van der Waals surface area (Å²) >= 11 is 0. The van der Waals surface area contributed by atoms with E-state index in [4.69, 9.17) is 0 Å². The van der Waals surface area contributed by atoms with E-state index in [2.05, 4.69) is 10.3 Å². The molecule has 6 nitrogen and oxygen atoms in total. The summed E-state index contributed by atoms with van der Waals surface area (Å²) in [4.78, 5) is 15.8. The summed E-state index contributed by atoms with van der Waals surface area (Å²) in [6.45, 7) is 5.51. The van der Waals surface area contributed by atoms with Crippen molar-refractivity contribution in [1.29, 1.82) is 0 Å². The first-order chi connectivity index (χ1) is 12.4. The van der Waals surface area contributed by atoms with Crippen molar-refractivity contribution in [3.05, 3.63) is 52.8 Å². The average Bonchev–Trinajstić information content (AvgIpc) is 2.97. The SMILES string of the molecule is Cc1cc(CNC(=O)c2ccc(S(=O)(=O)N3CCCCC3)cc2)c(C)[nH]1. The van der Waals surface area contributed by atoms with Crippen molar-refractivity contribution < 1.29 is 13.2 Å². The molecule has 1 aromatic heterocycles. The third-order valence-electron chi connectivity index (χ3n) is 4.77. The van der Waals surface area contributed by atoms with E-state index in [0.717, 1.165) is 36.2 Å². The first-order valence-corrected chi connectivity index (χ1v) is 10.4. The number of aromatic nitrogens is 1. The lowest BCUT2D eigenvalue weighted by atomic mass is 10.2. The molecule has 1 saturated heterocycles. The fourth-order valence-electron chi connectivity index (χ4n) is 3.28. The van der Waals surface area contributed by atoms with Crippen LogP contribution in [-0.2, 0) is 16.6 Å². The van der Waals surface area contributed by atoms with Gasteiger partial charge in [-0.15, -0.1) is 0 Å². The van der Waals surface area contributed by atoms with Gasteiger partial charge in [0.2, 0.25) is 10.0 Å². The number of piperidine rings is 1. The van der Waals surface area contributed by atoms with E-state index in [-0.39, 0.29) is 10.8 Å². The van der Waals surface area contributed by atoms with Crippen LogP contribution in [0.2, 0.25) is 0 Å². The van der Waals surface area contributed by atoms with Gasteiger partial charge in [0.05, 0.1) is 4.90 Å². The highest BCUT2D eigenvalue weighted by molar-refractivity contribution is 7.89. The molecule has 1 fully saturated rings. The first kappa shape index (κ1) is 18.7. The molecule has 1 amide bonds. The van der Waals surface area contributed by atoms with Gasteiger partial charge in [0.15, 0.2) is 0 Å². The summed E-state index contributed by atoms with van der Waals surface area (Å²) in [6, 6.07) is 8.18. The molecule has 140 valence electrons. The largest absolute Gasteiger partial charge is 0.362 e. The summed E-state index contributed by atoms with van der Waals surface area (Å²) in [6.07, 6.45) is 2.88. The molecule has 0 atom stereocenters. The van der Waals surface area contributed by atoms with Crippen molar-refractivity contribution in [3.63, 3.8) is 0 Å². The van der Waals surface area contributed by atoms with E-state index < -0.39 is 10.0 Å². The minimum absolute atomic E-state index is 0.217. The Hall–Kier alpha value is -2.12. The van der Waals surface area contributed by atoms with Crippen LogP contribution < -0.4 is 5.32 Å². The van der Waals surface area contributed by atoms with E-state index in [1.807, 2.05) is 19.9 Å². The number of aryl methyl sites for hydroxylation is 2. The maximum atomic E-state index is 12.6. The van der Waals surface area contributed by atoms with Crippen molar-refractivity contribution in [2.75, 3.05) is 13.1 Å². The lowest BCUT2D eigenvalue weighted by molar-refractivity contribution is 0.0951. The molecule has 0 bridgehead atoms. The normalized spacial score (nSPS) is 15.8. The van der Waals surface area contributed by atoms with Gasteiger partial charge in [0.1, 0.15) is 0 Å². The molecule has 0 radical (unpaired) electrons. The number of hydrogen-bond acceptors (Lipinski definition) is 3. The predicted octanol–water partition coefficient (Wildman–Crippen LogP) is 2.74. The van der Waals surface area contributed by atoms with Crippen LogP contribution in [0.25, 0.3) is 0 Å². The lowest BCUT2D eigenvalue weighted by Crippen LogP contribution is -2.35. The highest BCUT2D eigenvalue weighted by atomic mass is 32.2. The van der Waals surface area contributed by atoms with Gasteiger partial charge in [0, 0.05) is 36.6 Å². The predicted molar refractivity (Wildman–Crippen MR) is 100 cm³/mol. The minimum Gasteiger partial charge on any atom is -0.362 e. The Labute approximate surface area is 154 Å². The molecule has 2 heterocycles. The van der Waals surface area contributed by atoms with Crippen molar-refractivity contribution in [2.45, 2.75) is 44.6 Å². The van der Waals surface area contributed by atoms with Gasteiger partial charge in [-0.1, -0.05) is 6.42 Å². The standard InChI is InChI=1S/C19H25N3O3S/c1-14-12-17(15(2)21-14)13-20-19(23)16-6-8-18(9-7-16)26(24,25)22-10-4-3-5-11-22/h6-9,12,21H,3-5,10-11,13H2,1-2H3,(H,20,23). The quantitative estimate of drug-likeness (QED) is 0.843. The Bertz CT molecular complexity index is 879. The van der Waals surface area contributed by atoms with Gasteiger partial charge in [-0.3, -0.25) is 4.79 Å². The number of amides is 1. The number of sulfonamides is 1. The minimum atomic E-state index is -3.47. The number of hydrogen-bond donors (Lipinski definition) is 2. The Balaban J connectivity index is 1.66. The van der Waals surface area contributed by atoms with Gasteiger partial charge in [0.25, 0.3) is 5.91 Å². The van der Waals surface area contributed by atoms with Crippen LogP contribution in [0.15, 0.2) is 35.2 Å². The summed E-state index contributed by atoms with van der Waals surface area (Å²) < 4.78 is 26.8. The number of H-pyrrole nitrogens is 1. The fourth-order valence-corrected chi connectivity index (χ4v) is 4.79. The van der Waals surface area contributed by atoms with Crippen LogP contribution in [0.1, 0.15) is 46.6 Å². The molecular formula is C19H25N3O3S. The Morgan fingerprint density at radius 1 is 1.12 bits per heavy atom. The number of nitrogens with zero attached hydrogens (tertiary/aromatic N) is 1. The van der Waals surface area contributed by atoms with Crippen molar-refractivity contribution in [1.82, 2.24) is 14.6 Å². The highest BCUT2D eigenvalue weighted by Crippen LogP contribution is 2.21. The second-order valence-electron chi connectivity index (χ2n) is 6.77. The number of carbonyl (C=O) groups is 1. The van der Waals surface area contributed by atoms with Crippen LogP contribution in [0.5, 0.6) is 0 Å². The number of rotatable bonds is 5. The average molecular weight is 375 g/mol. The topological polar surface area (TPSA) is 82.3 Å². The highest BCUT2D eigenvalue weighted by Gasteiger charge is 2.25. The van der Waals surface area contributed by atoms with E-state index in [9.17, 15) is 13.2 Å². The van der Waals surface area contributed by atoms with Crippen LogP contribution in [0.4, 0.5) is 0 Å². The molecule has 0 aliphatic carbocycles. The van der Waals surface area contributed by atoms with Crippen LogP contribution in [0, 0.1) is 13.8 Å². The number of aromatic amines is 1. The molecule has 1 aromatic carbocycles. The maximum absolute atomic E-state index is 12.6. The molecule has 3 rings (SSSR count). The third-order valence-corrected chi connectivity index (χ3v) is 6.68. The zero-order chi connectivity index (χ0) is 18.7. The van der Waals surface area contributed by atoms with Crippen molar-refractivity contribution >= 4 is 15.9 Å². The van der Waals surface area contributed by atoms with Crippen LogP contribution in [0.3, 0.4) is 0 Å². The van der Waals surface area contributed by atoms with Gasteiger partial charge in [-0.05, 0) is 62.6 Å². The number of nitrogens with one attached hydrogen (secondary N) is 2. The number of benzene rings is 1. The van der Waals surface area contributed by atoms with Crippen molar-refractivity contribution in [2.24, 2.45) is 0 Å². The molecule has 26 heavy (non-hydrogen) atoms. The Kier molecular flexibility index (Phi) is 5.48. The molecule has 0 spiro atoms. The van der Waals surface area contributed by atoms with Crippen LogP contribution >= 0.6 is 0 Å². The molecule has 2 N–H and O–H groups in total. The van der Waals surface area contributed by atoms with E-state index >= 15 is 0 Å². The maximum Gasteiger partial charge on any atom is 0.251 e. The summed E-state index contributed by atoms with van der Waals surface area (Å²) in [5, 5.41) is 2.87. The smallest absolute Gasteiger partial charge is 0.251 e. The summed E-state index contributed by atoms with van der Waals surface area (Å²) in [5.74, 6) is -0.217. The molecule has 1 aliphatic heterocycles. The first-order valence-electron chi connectivity index (χ1n) is 8.91. The van der Waals surface area contributed by atoms with Crippen LogP contribution in [-0.4, -0.2) is 36.7 Å². The number of carbonyl (C=O) groups excluding carboxylic acids is 1. The second-order valence-corrected chi connectivity index (χ2v) is 8.71. The Morgan fingerprint density at radius 2 is 1.77 bits per heavy atom. The molecule has 1 aliphatic rings. The molecule has 0 saturated carbocycles. The zero-order valence-corrected chi connectivity index (χ0v) is 16.0. The molecule has 7 heteroatoms. The van der Waals surface area contributed by atoms with E-state index in [0.29, 0.717) is 25.2 Å². The van der Waals surface area contributed by atoms with Gasteiger partial charge in [-0.2, -0.15) is 4.31 Å². The van der Waals surface area contributed by atoms with E-state index in [1.165, 1.54) is 16.4 Å². The fraction of sp³-hybridized carbons (Fsp3) is 0.421. The molecule has 0 unspecified atom stereocenters. The molecule has 2 aromatic rings. The van der Waals surface area contributed by atoms with Gasteiger partial charge < -0.3 is 10.3 Å². The zero-order valence-electron chi connectivity index (χ0n) is 15.2. The third kappa shape index (κ3) is 3.99. The monoisotopic (exact) mass is 375 g/mol. The van der Waals surface area contributed by atoms with E-state index in [1.54, 1.807) is 12.1 Å². The second kappa shape index (κ2) is 7.63. The van der Waals surface area contributed by atoms with Crippen molar-refractivity contribution in [3.8, 4) is 0 Å². The van der Waals surface area contributed by atoms with Gasteiger partial charge in [-0.25, -0.2) is 8.42 Å². The lowest BCUT2D eigenvalue weighted by Gasteiger charge is -2.25. The summed E-state index contributed by atoms with van der Waals surface area (Å²) in [7, 11) is -3.47. The molecular weight excluding hydrogens is 350 g/mol. The summed E-state index contributed by atoms with van der Waals surface area (Å²) in [5.41, 5.74) is 3.58. The Morgan fingerprint density at radius 3 is 2.35 bits per heavy atom. The van der Waals surface area contributed by atoms with Gasteiger partial charge >= 0.3 is 0 Å².